The van der Waals surface area contributed by atoms with Gasteiger partial charge in [0, 0.05) is 11.1 Å². The number of ketones is 2. The largest absolute Gasteiger partial charge is 0.508 e. The molecular weight excluding hydrogens is 280 g/mol. The lowest BCUT2D eigenvalue weighted by molar-refractivity contribution is -0.112. The fourth-order valence-electron chi connectivity index (χ4n) is 2.39. The second kappa shape index (κ2) is 5.33. The summed E-state index contributed by atoms with van der Waals surface area (Å²) in [4.78, 5) is 24.5. The van der Waals surface area contributed by atoms with Crippen molar-refractivity contribution in [2.75, 3.05) is 0 Å². The van der Waals surface area contributed by atoms with Gasteiger partial charge in [-0.05, 0) is 47.5 Å². The van der Waals surface area contributed by atoms with Crippen LogP contribution in [0.15, 0.2) is 60.7 Å². The highest BCUT2D eigenvalue weighted by Crippen LogP contribution is 2.32. The van der Waals surface area contributed by atoms with E-state index in [0.29, 0.717) is 11.1 Å². The molecule has 2 N–H and O–H groups in total. The zero-order valence-electron chi connectivity index (χ0n) is 11.5. The molecule has 0 heterocycles. The number of hydrogen-bond donors (Lipinski definition) is 2. The van der Waals surface area contributed by atoms with Crippen LogP contribution in [0, 0.1) is 0 Å². The average Bonchev–Trinajstić information content (AvgIpc) is 2.51. The number of carbonyl (C=O) groups excluding carboxylic acids is 2. The lowest BCUT2D eigenvalue weighted by atomic mass is 9.86. The predicted octanol–water partition coefficient (Wildman–Crippen LogP) is 2.72. The summed E-state index contributed by atoms with van der Waals surface area (Å²) in [7, 11) is 0. The summed E-state index contributed by atoms with van der Waals surface area (Å²) in [6.07, 6.45) is 2.49. The van der Waals surface area contributed by atoms with E-state index in [1.54, 1.807) is 24.3 Å². The van der Waals surface area contributed by atoms with E-state index in [1.165, 1.54) is 36.4 Å². The van der Waals surface area contributed by atoms with Gasteiger partial charge in [-0.25, -0.2) is 0 Å². The molecule has 0 unspecified atom stereocenters. The second-order valence-corrected chi connectivity index (χ2v) is 4.91. The summed E-state index contributed by atoms with van der Waals surface area (Å²) >= 11 is 0. The molecule has 4 heteroatoms. The van der Waals surface area contributed by atoms with E-state index in [2.05, 4.69) is 0 Å². The SMILES string of the molecule is O=C1C=CC(=O)C(c2ccc(O)cc2)=C1c1ccc(O)cc1. The maximum atomic E-state index is 12.3. The van der Waals surface area contributed by atoms with Crippen LogP contribution in [0.5, 0.6) is 11.5 Å². The molecule has 1 aliphatic carbocycles. The molecule has 0 aliphatic heterocycles. The summed E-state index contributed by atoms with van der Waals surface area (Å²) in [5, 5.41) is 18.8. The van der Waals surface area contributed by atoms with Crippen molar-refractivity contribution in [2.45, 2.75) is 0 Å². The Morgan fingerprint density at radius 3 is 1.18 bits per heavy atom. The number of phenols is 2. The first-order chi connectivity index (χ1) is 10.6. The molecule has 0 saturated carbocycles. The molecule has 0 atom stereocenters. The van der Waals surface area contributed by atoms with Crippen LogP contribution >= 0.6 is 0 Å². The van der Waals surface area contributed by atoms with Crippen molar-refractivity contribution >= 4 is 22.7 Å². The maximum absolute atomic E-state index is 12.3. The van der Waals surface area contributed by atoms with Crippen LogP contribution in [-0.4, -0.2) is 21.8 Å². The fraction of sp³-hybridized carbons (Fsp3) is 0. The Morgan fingerprint density at radius 2 is 0.864 bits per heavy atom. The van der Waals surface area contributed by atoms with Gasteiger partial charge >= 0.3 is 0 Å². The molecule has 0 saturated heterocycles. The van der Waals surface area contributed by atoms with E-state index in [4.69, 9.17) is 0 Å². The van der Waals surface area contributed by atoms with Crippen LogP contribution in [0.3, 0.4) is 0 Å². The van der Waals surface area contributed by atoms with Gasteiger partial charge in [0.2, 0.25) is 0 Å². The molecule has 1 aliphatic rings. The minimum absolute atomic E-state index is 0.0839. The van der Waals surface area contributed by atoms with E-state index in [-0.39, 0.29) is 34.2 Å². The normalized spacial score (nSPS) is 14.5. The van der Waals surface area contributed by atoms with Crippen molar-refractivity contribution in [3.8, 4) is 11.5 Å². The van der Waals surface area contributed by atoms with Gasteiger partial charge in [-0.15, -0.1) is 0 Å². The van der Waals surface area contributed by atoms with Crippen LogP contribution in [0.1, 0.15) is 11.1 Å². The van der Waals surface area contributed by atoms with Gasteiger partial charge in [-0.3, -0.25) is 9.59 Å². The highest BCUT2D eigenvalue weighted by molar-refractivity contribution is 6.48. The van der Waals surface area contributed by atoms with Crippen molar-refractivity contribution in [1.82, 2.24) is 0 Å². The van der Waals surface area contributed by atoms with Crippen LogP contribution in [0.4, 0.5) is 0 Å². The molecule has 0 amide bonds. The molecular formula is C18H12O4. The lowest BCUT2D eigenvalue weighted by Gasteiger charge is -2.15. The zero-order valence-corrected chi connectivity index (χ0v) is 11.5. The molecule has 4 nitrogen and oxygen atoms in total. The van der Waals surface area contributed by atoms with Crippen molar-refractivity contribution in [3.05, 3.63) is 71.8 Å². The van der Waals surface area contributed by atoms with Gasteiger partial charge in [0.1, 0.15) is 11.5 Å². The van der Waals surface area contributed by atoms with E-state index in [1.807, 2.05) is 0 Å². The van der Waals surface area contributed by atoms with Crippen molar-refractivity contribution in [3.63, 3.8) is 0 Å². The minimum Gasteiger partial charge on any atom is -0.508 e. The Bertz CT molecular complexity index is 740. The number of rotatable bonds is 2. The number of benzene rings is 2. The summed E-state index contributed by atoms with van der Waals surface area (Å²) < 4.78 is 0. The third kappa shape index (κ3) is 2.42. The quantitative estimate of drug-likeness (QED) is 0.835. The number of allylic oxidation sites excluding steroid dienone is 4. The van der Waals surface area contributed by atoms with Crippen molar-refractivity contribution < 1.29 is 19.8 Å². The average molecular weight is 292 g/mol. The molecule has 0 aromatic heterocycles. The Hall–Kier alpha value is -3.14. The van der Waals surface area contributed by atoms with Crippen molar-refractivity contribution in [2.24, 2.45) is 0 Å². The summed E-state index contributed by atoms with van der Waals surface area (Å²) in [6, 6.07) is 12.2. The highest BCUT2D eigenvalue weighted by Gasteiger charge is 2.25. The minimum atomic E-state index is -0.270. The fourth-order valence-corrected chi connectivity index (χ4v) is 2.39. The van der Waals surface area contributed by atoms with Gasteiger partial charge < -0.3 is 10.2 Å². The van der Waals surface area contributed by atoms with Gasteiger partial charge in [-0.2, -0.15) is 0 Å². The Morgan fingerprint density at radius 1 is 0.545 bits per heavy atom. The first-order valence-electron chi connectivity index (χ1n) is 6.66. The number of carbonyl (C=O) groups is 2. The van der Waals surface area contributed by atoms with Gasteiger partial charge in [0.15, 0.2) is 11.6 Å². The second-order valence-electron chi connectivity index (χ2n) is 4.91. The first kappa shape index (κ1) is 13.8. The molecule has 2 aromatic rings. The Balaban J connectivity index is 2.23. The smallest absolute Gasteiger partial charge is 0.187 e. The topological polar surface area (TPSA) is 74.6 Å². The Kier molecular flexibility index (Phi) is 3.35. The Labute approximate surface area is 126 Å². The molecule has 3 rings (SSSR count). The van der Waals surface area contributed by atoms with Crippen molar-refractivity contribution in [1.29, 1.82) is 0 Å². The number of phenolic OH excluding ortho intramolecular Hbond substituents is 2. The highest BCUT2D eigenvalue weighted by atomic mass is 16.3. The number of aromatic hydroxyl groups is 2. The van der Waals surface area contributed by atoms with Gasteiger partial charge in [0.05, 0.1) is 0 Å². The first-order valence-corrected chi connectivity index (χ1v) is 6.66. The molecule has 0 spiro atoms. The van der Waals surface area contributed by atoms with Crippen LogP contribution in [-0.2, 0) is 9.59 Å². The molecule has 22 heavy (non-hydrogen) atoms. The number of hydrogen-bond acceptors (Lipinski definition) is 4. The molecule has 0 radical (unpaired) electrons. The van der Waals surface area contributed by atoms with Crippen LogP contribution < -0.4 is 0 Å². The summed E-state index contributed by atoms with van der Waals surface area (Å²) in [5.74, 6) is -0.372. The molecule has 0 bridgehead atoms. The van der Waals surface area contributed by atoms with E-state index in [9.17, 15) is 19.8 Å². The maximum Gasteiger partial charge on any atom is 0.187 e. The standard InChI is InChI=1S/C18H12O4/c19-13-5-1-11(2-6-13)17-15(21)9-10-16(22)18(17)12-3-7-14(20)8-4-12/h1-10,19-20H. The molecule has 0 fully saturated rings. The van der Waals surface area contributed by atoms with Gasteiger partial charge in [0.25, 0.3) is 0 Å². The van der Waals surface area contributed by atoms with Crippen LogP contribution in [0.2, 0.25) is 0 Å². The van der Waals surface area contributed by atoms with E-state index >= 15 is 0 Å². The molecule has 108 valence electrons. The van der Waals surface area contributed by atoms with E-state index in [0.717, 1.165) is 0 Å². The van der Waals surface area contributed by atoms with E-state index < -0.39 is 0 Å². The zero-order chi connectivity index (χ0) is 15.7. The summed E-state index contributed by atoms with van der Waals surface area (Å²) in [6.45, 7) is 0. The van der Waals surface area contributed by atoms with Gasteiger partial charge in [-0.1, -0.05) is 24.3 Å². The monoisotopic (exact) mass is 292 g/mol. The van der Waals surface area contributed by atoms with Crippen LogP contribution in [0.25, 0.3) is 11.1 Å². The summed E-state index contributed by atoms with van der Waals surface area (Å²) in [5.41, 5.74) is 1.70. The third-order valence-corrected chi connectivity index (χ3v) is 3.44. The lowest BCUT2D eigenvalue weighted by Crippen LogP contribution is -2.13. The predicted molar refractivity (Wildman–Crippen MR) is 82.2 cm³/mol. The third-order valence-electron chi connectivity index (χ3n) is 3.44. The molecule has 2 aromatic carbocycles.